The van der Waals surface area contributed by atoms with Gasteiger partial charge in [0.05, 0.1) is 0 Å². The lowest BCUT2D eigenvalue weighted by molar-refractivity contribution is 0.438. The van der Waals surface area contributed by atoms with E-state index >= 15 is 0 Å². The monoisotopic (exact) mass is 132 g/mol. The van der Waals surface area contributed by atoms with Crippen LogP contribution < -0.4 is 4.74 Å². The van der Waals surface area contributed by atoms with Crippen molar-refractivity contribution in [2.75, 3.05) is 0 Å². The first kappa shape index (κ1) is 6.63. The van der Waals surface area contributed by atoms with Crippen molar-refractivity contribution in [1.29, 1.82) is 5.26 Å². The zero-order valence-electron chi connectivity index (χ0n) is 5.32. The number of benzene rings is 1. The molecule has 0 fully saturated rings. The van der Waals surface area contributed by atoms with Crippen molar-refractivity contribution in [2.24, 2.45) is 0 Å². The zero-order chi connectivity index (χ0) is 7.23. The third-order valence-corrected chi connectivity index (χ3v) is 0.991. The second kappa shape index (κ2) is 3.52. The standard InChI is InChI=1S/C8H6NO/c9-6-7-10-8-4-2-1-3-5-8/h1-5,7H. The lowest BCUT2D eigenvalue weighted by atomic mass is 10.3. The Morgan fingerprint density at radius 1 is 1.30 bits per heavy atom. The fraction of sp³-hybridized carbons (Fsp3) is 0. The molecule has 0 heterocycles. The van der Waals surface area contributed by atoms with Crippen molar-refractivity contribution in [3.8, 4) is 11.8 Å². The topological polar surface area (TPSA) is 33.0 Å². The first-order valence-corrected chi connectivity index (χ1v) is 2.86. The molecule has 10 heavy (non-hydrogen) atoms. The number of nitriles is 1. The number of rotatable bonds is 2. The van der Waals surface area contributed by atoms with Crippen molar-refractivity contribution in [3.05, 3.63) is 36.9 Å². The zero-order valence-corrected chi connectivity index (χ0v) is 5.32. The van der Waals surface area contributed by atoms with Gasteiger partial charge in [-0.2, -0.15) is 5.26 Å². The van der Waals surface area contributed by atoms with E-state index in [2.05, 4.69) is 0 Å². The van der Waals surface area contributed by atoms with Crippen LogP contribution in [-0.4, -0.2) is 0 Å². The second-order valence-electron chi connectivity index (χ2n) is 1.68. The van der Waals surface area contributed by atoms with E-state index in [1.807, 2.05) is 18.2 Å². The molecule has 0 saturated carbocycles. The van der Waals surface area contributed by atoms with Crippen molar-refractivity contribution < 1.29 is 4.74 Å². The highest BCUT2D eigenvalue weighted by molar-refractivity contribution is 5.22. The Morgan fingerprint density at radius 3 is 2.60 bits per heavy atom. The van der Waals surface area contributed by atoms with Crippen LogP contribution in [0.2, 0.25) is 0 Å². The number of hydrogen-bond acceptors (Lipinski definition) is 2. The number of hydrogen-bond donors (Lipinski definition) is 0. The third kappa shape index (κ3) is 1.79. The molecular weight excluding hydrogens is 126 g/mol. The molecular formula is C8H6NO. The van der Waals surface area contributed by atoms with Gasteiger partial charge in [-0.3, -0.25) is 0 Å². The highest BCUT2D eigenvalue weighted by Crippen LogP contribution is 2.08. The van der Waals surface area contributed by atoms with Crippen LogP contribution in [0.15, 0.2) is 30.3 Å². The SMILES string of the molecule is N#C[CH]Oc1ccccc1. The minimum atomic E-state index is 0.684. The Labute approximate surface area is 59.7 Å². The smallest absolute Gasteiger partial charge is 0.234 e. The molecule has 0 aliphatic carbocycles. The van der Waals surface area contributed by atoms with Gasteiger partial charge < -0.3 is 4.74 Å². The van der Waals surface area contributed by atoms with Gasteiger partial charge in [0.25, 0.3) is 0 Å². The Bertz CT molecular complexity index is 225. The summed E-state index contributed by atoms with van der Waals surface area (Å²) in [6.45, 7) is 1.09. The summed E-state index contributed by atoms with van der Waals surface area (Å²) in [5.41, 5.74) is 0. The molecule has 1 aromatic rings. The van der Waals surface area contributed by atoms with Gasteiger partial charge in [0.2, 0.25) is 6.61 Å². The van der Waals surface area contributed by atoms with Gasteiger partial charge in [-0.1, -0.05) is 18.2 Å². The average molecular weight is 132 g/mol. The Kier molecular flexibility index (Phi) is 2.33. The average Bonchev–Trinajstić information content (AvgIpc) is 2.03. The van der Waals surface area contributed by atoms with Crippen LogP contribution in [-0.2, 0) is 0 Å². The number of nitrogens with zero attached hydrogens (tertiary/aromatic N) is 1. The molecule has 2 heteroatoms. The quantitative estimate of drug-likeness (QED) is 0.614. The minimum Gasteiger partial charge on any atom is -0.470 e. The highest BCUT2D eigenvalue weighted by atomic mass is 16.5. The van der Waals surface area contributed by atoms with Gasteiger partial charge in [-0.25, -0.2) is 0 Å². The Balaban J connectivity index is 2.52. The van der Waals surface area contributed by atoms with Gasteiger partial charge >= 0.3 is 0 Å². The van der Waals surface area contributed by atoms with Crippen molar-refractivity contribution in [1.82, 2.24) is 0 Å². The van der Waals surface area contributed by atoms with Gasteiger partial charge in [0.15, 0.2) is 0 Å². The minimum absolute atomic E-state index is 0.684. The normalized spacial score (nSPS) is 8.30. The maximum absolute atomic E-state index is 8.10. The molecule has 1 radical (unpaired) electrons. The molecule has 0 aliphatic rings. The molecule has 0 amide bonds. The van der Waals surface area contributed by atoms with Gasteiger partial charge in [0.1, 0.15) is 11.8 Å². The summed E-state index contributed by atoms with van der Waals surface area (Å²) >= 11 is 0. The third-order valence-electron chi connectivity index (χ3n) is 0.991. The van der Waals surface area contributed by atoms with Crippen molar-refractivity contribution in [2.45, 2.75) is 0 Å². The first-order valence-electron chi connectivity index (χ1n) is 2.86. The van der Waals surface area contributed by atoms with E-state index in [4.69, 9.17) is 10.00 Å². The van der Waals surface area contributed by atoms with Crippen LogP contribution >= 0.6 is 0 Å². The maximum Gasteiger partial charge on any atom is 0.234 e. The van der Waals surface area contributed by atoms with E-state index in [-0.39, 0.29) is 0 Å². The Morgan fingerprint density at radius 2 is 2.00 bits per heavy atom. The molecule has 0 atom stereocenters. The van der Waals surface area contributed by atoms with E-state index in [1.165, 1.54) is 0 Å². The maximum atomic E-state index is 8.10. The molecule has 49 valence electrons. The molecule has 0 N–H and O–H groups in total. The lowest BCUT2D eigenvalue weighted by Gasteiger charge is -1.96. The van der Waals surface area contributed by atoms with Gasteiger partial charge in [-0.05, 0) is 12.1 Å². The summed E-state index contributed by atoms with van der Waals surface area (Å²) in [6, 6.07) is 10.9. The number of ether oxygens (including phenoxy) is 1. The van der Waals surface area contributed by atoms with Crippen LogP contribution in [0.1, 0.15) is 0 Å². The van der Waals surface area contributed by atoms with Crippen LogP contribution in [0.4, 0.5) is 0 Å². The molecule has 0 unspecified atom stereocenters. The second-order valence-corrected chi connectivity index (χ2v) is 1.68. The van der Waals surface area contributed by atoms with Gasteiger partial charge in [0, 0.05) is 0 Å². The summed E-state index contributed by atoms with van der Waals surface area (Å²) in [5.74, 6) is 0.684. The molecule has 1 rings (SSSR count). The van der Waals surface area contributed by atoms with E-state index in [0.29, 0.717) is 5.75 Å². The summed E-state index contributed by atoms with van der Waals surface area (Å²) in [7, 11) is 0. The lowest BCUT2D eigenvalue weighted by Crippen LogP contribution is -1.84. The molecule has 0 aromatic heterocycles. The predicted molar refractivity (Wildman–Crippen MR) is 37.0 cm³/mol. The molecule has 0 bridgehead atoms. The van der Waals surface area contributed by atoms with E-state index in [0.717, 1.165) is 6.61 Å². The summed E-state index contributed by atoms with van der Waals surface area (Å²) in [5, 5.41) is 8.10. The van der Waals surface area contributed by atoms with Crippen molar-refractivity contribution >= 4 is 0 Å². The fourth-order valence-electron chi connectivity index (χ4n) is 0.593. The van der Waals surface area contributed by atoms with E-state index in [1.54, 1.807) is 18.2 Å². The summed E-state index contributed by atoms with van der Waals surface area (Å²) in [6.07, 6.45) is 0. The highest BCUT2D eigenvalue weighted by Gasteiger charge is 1.87. The van der Waals surface area contributed by atoms with E-state index in [9.17, 15) is 0 Å². The molecule has 0 saturated heterocycles. The first-order chi connectivity index (χ1) is 4.93. The summed E-state index contributed by atoms with van der Waals surface area (Å²) in [4.78, 5) is 0. The fourth-order valence-corrected chi connectivity index (χ4v) is 0.593. The molecule has 1 aromatic carbocycles. The van der Waals surface area contributed by atoms with Crippen LogP contribution in [0.3, 0.4) is 0 Å². The van der Waals surface area contributed by atoms with Crippen LogP contribution in [0.25, 0.3) is 0 Å². The largest absolute Gasteiger partial charge is 0.470 e. The number of para-hydroxylation sites is 1. The molecule has 0 spiro atoms. The van der Waals surface area contributed by atoms with Crippen LogP contribution in [0.5, 0.6) is 5.75 Å². The van der Waals surface area contributed by atoms with Crippen LogP contribution in [0, 0.1) is 17.9 Å². The summed E-state index contributed by atoms with van der Waals surface area (Å²) < 4.78 is 4.87. The Hall–Kier alpha value is -1.49. The predicted octanol–water partition coefficient (Wildman–Crippen LogP) is 1.75. The van der Waals surface area contributed by atoms with Crippen molar-refractivity contribution in [3.63, 3.8) is 0 Å². The van der Waals surface area contributed by atoms with E-state index < -0.39 is 0 Å². The molecule has 0 aliphatic heterocycles. The molecule has 2 nitrogen and oxygen atoms in total. The van der Waals surface area contributed by atoms with Gasteiger partial charge in [-0.15, -0.1) is 0 Å².